The molecule has 2 rings (SSSR count). The van der Waals surface area contributed by atoms with Crippen LogP contribution in [0.5, 0.6) is 0 Å². The summed E-state index contributed by atoms with van der Waals surface area (Å²) in [5, 5.41) is 0.710. The lowest BCUT2D eigenvalue weighted by atomic mass is 10.1. The molecule has 1 amide bonds. The molecule has 0 radical (unpaired) electrons. The molecule has 98 valence electrons. The van der Waals surface area contributed by atoms with Gasteiger partial charge in [0.2, 0.25) is 0 Å². The summed E-state index contributed by atoms with van der Waals surface area (Å²) in [5.41, 5.74) is 0.123. The van der Waals surface area contributed by atoms with Crippen LogP contribution in [0.15, 0.2) is 18.5 Å². The van der Waals surface area contributed by atoms with Crippen molar-refractivity contribution in [3.8, 4) is 0 Å². The quantitative estimate of drug-likeness (QED) is 0.800. The summed E-state index contributed by atoms with van der Waals surface area (Å²) in [7, 11) is 0. The van der Waals surface area contributed by atoms with Crippen molar-refractivity contribution >= 4 is 21.8 Å². The van der Waals surface area contributed by atoms with E-state index in [4.69, 9.17) is 0 Å². The second-order valence-electron chi connectivity index (χ2n) is 4.48. The summed E-state index contributed by atoms with van der Waals surface area (Å²) in [6.07, 6.45) is 6.88. The minimum Gasteiger partial charge on any atom is -0.335 e. The number of rotatable bonds is 4. The van der Waals surface area contributed by atoms with Crippen LogP contribution in [-0.2, 0) is 0 Å². The predicted molar refractivity (Wildman–Crippen MR) is 71.3 cm³/mol. The Morgan fingerprint density at radius 3 is 2.83 bits per heavy atom. The molecule has 1 heterocycles. The average molecular weight is 315 g/mol. The van der Waals surface area contributed by atoms with E-state index in [1.165, 1.54) is 12.3 Å². The van der Waals surface area contributed by atoms with Gasteiger partial charge < -0.3 is 4.90 Å². The molecule has 18 heavy (non-hydrogen) atoms. The van der Waals surface area contributed by atoms with E-state index in [9.17, 15) is 9.18 Å². The molecular weight excluding hydrogens is 299 g/mol. The lowest BCUT2D eigenvalue weighted by Gasteiger charge is -2.28. The van der Waals surface area contributed by atoms with E-state index in [1.54, 1.807) is 4.90 Å². The topological polar surface area (TPSA) is 33.2 Å². The number of aromatic nitrogens is 1. The fourth-order valence-electron chi connectivity index (χ4n) is 2.46. The van der Waals surface area contributed by atoms with Crippen molar-refractivity contribution in [1.82, 2.24) is 9.88 Å². The van der Waals surface area contributed by atoms with Crippen LogP contribution in [0.3, 0.4) is 0 Å². The first-order valence-corrected chi connectivity index (χ1v) is 7.32. The Hall–Kier alpha value is -0.970. The van der Waals surface area contributed by atoms with Crippen LogP contribution in [0.1, 0.15) is 36.0 Å². The van der Waals surface area contributed by atoms with Crippen molar-refractivity contribution in [1.29, 1.82) is 0 Å². The zero-order valence-electron chi connectivity index (χ0n) is 10.1. The summed E-state index contributed by atoms with van der Waals surface area (Å²) in [6.45, 7) is 0.616. The van der Waals surface area contributed by atoms with Gasteiger partial charge in [-0.2, -0.15) is 0 Å². The number of nitrogens with zero attached hydrogens (tertiary/aromatic N) is 2. The molecule has 1 saturated carbocycles. The van der Waals surface area contributed by atoms with Gasteiger partial charge in [-0.3, -0.25) is 9.78 Å². The normalized spacial score (nSPS) is 15.9. The highest BCUT2D eigenvalue weighted by Crippen LogP contribution is 2.25. The molecule has 0 N–H and O–H groups in total. The maximum absolute atomic E-state index is 13.6. The summed E-state index contributed by atoms with van der Waals surface area (Å²) < 4.78 is 13.6. The molecule has 0 atom stereocenters. The van der Waals surface area contributed by atoms with E-state index in [-0.39, 0.29) is 17.5 Å². The molecule has 1 aromatic heterocycles. The average Bonchev–Trinajstić information content (AvgIpc) is 2.89. The molecule has 0 aromatic carbocycles. The highest BCUT2D eigenvalue weighted by Gasteiger charge is 2.28. The Morgan fingerprint density at radius 1 is 1.50 bits per heavy atom. The third-order valence-electron chi connectivity index (χ3n) is 3.35. The van der Waals surface area contributed by atoms with Crippen LogP contribution in [0.4, 0.5) is 4.39 Å². The molecule has 1 aliphatic rings. The highest BCUT2D eigenvalue weighted by atomic mass is 79.9. The largest absolute Gasteiger partial charge is 0.335 e. The van der Waals surface area contributed by atoms with Crippen LogP contribution in [-0.4, -0.2) is 33.7 Å². The van der Waals surface area contributed by atoms with Gasteiger partial charge in [0.05, 0.1) is 11.8 Å². The van der Waals surface area contributed by atoms with E-state index in [1.807, 2.05) is 0 Å². The van der Waals surface area contributed by atoms with Crippen molar-refractivity contribution in [3.05, 3.63) is 29.8 Å². The van der Waals surface area contributed by atoms with Crippen molar-refractivity contribution in [2.75, 3.05) is 11.9 Å². The first-order valence-electron chi connectivity index (χ1n) is 6.20. The minimum atomic E-state index is -0.542. The first-order chi connectivity index (χ1) is 8.74. The van der Waals surface area contributed by atoms with E-state index < -0.39 is 5.82 Å². The molecule has 1 aromatic rings. The van der Waals surface area contributed by atoms with E-state index >= 15 is 0 Å². The monoisotopic (exact) mass is 314 g/mol. The van der Waals surface area contributed by atoms with Crippen molar-refractivity contribution < 1.29 is 9.18 Å². The minimum absolute atomic E-state index is 0.123. The van der Waals surface area contributed by atoms with E-state index in [0.29, 0.717) is 11.9 Å². The fraction of sp³-hybridized carbons (Fsp3) is 0.538. The third-order valence-corrected chi connectivity index (χ3v) is 3.71. The van der Waals surface area contributed by atoms with Crippen molar-refractivity contribution in [2.24, 2.45) is 0 Å². The van der Waals surface area contributed by atoms with Gasteiger partial charge in [0.25, 0.3) is 5.91 Å². The lowest BCUT2D eigenvalue weighted by molar-refractivity contribution is 0.0691. The van der Waals surface area contributed by atoms with E-state index in [0.717, 1.165) is 31.9 Å². The Kier molecular flexibility index (Phi) is 4.69. The Labute approximate surface area is 115 Å². The van der Waals surface area contributed by atoms with Crippen LogP contribution in [0, 0.1) is 5.82 Å². The molecule has 0 unspecified atom stereocenters. The van der Waals surface area contributed by atoms with Gasteiger partial charge in [-0.25, -0.2) is 4.39 Å². The molecule has 0 aliphatic heterocycles. The standard InChI is InChI=1S/C13H16BrFN2O/c14-6-8-17(10-3-1-2-4-10)13(18)11-5-7-16-9-12(11)15/h5,7,9-10H,1-4,6,8H2. The molecule has 0 spiro atoms. The molecule has 1 aliphatic carbocycles. The van der Waals surface area contributed by atoms with Crippen molar-refractivity contribution in [2.45, 2.75) is 31.7 Å². The zero-order valence-corrected chi connectivity index (χ0v) is 11.7. The number of carbonyl (C=O) groups excluding carboxylic acids is 1. The number of carbonyl (C=O) groups is 1. The highest BCUT2D eigenvalue weighted by molar-refractivity contribution is 9.09. The summed E-state index contributed by atoms with van der Waals surface area (Å²) in [4.78, 5) is 17.8. The number of hydrogen-bond acceptors (Lipinski definition) is 2. The molecule has 0 saturated heterocycles. The van der Waals surface area contributed by atoms with Gasteiger partial charge >= 0.3 is 0 Å². The summed E-state index contributed by atoms with van der Waals surface area (Å²) >= 11 is 3.36. The maximum atomic E-state index is 13.6. The molecular formula is C13H16BrFN2O. The second-order valence-corrected chi connectivity index (χ2v) is 5.27. The first kappa shape index (κ1) is 13.5. The summed E-state index contributed by atoms with van der Waals surface area (Å²) in [5.74, 6) is -0.763. The lowest BCUT2D eigenvalue weighted by Crippen LogP contribution is -2.40. The molecule has 1 fully saturated rings. The van der Waals surface area contributed by atoms with Gasteiger partial charge in [-0.15, -0.1) is 0 Å². The third kappa shape index (κ3) is 2.88. The Balaban J connectivity index is 2.20. The van der Waals surface area contributed by atoms with Crippen LogP contribution >= 0.6 is 15.9 Å². The predicted octanol–water partition coefficient (Wildman–Crippen LogP) is 3.00. The Morgan fingerprint density at radius 2 is 2.22 bits per heavy atom. The van der Waals surface area contributed by atoms with Gasteiger partial charge in [-0.05, 0) is 18.9 Å². The maximum Gasteiger partial charge on any atom is 0.257 e. The zero-order chi connectivity index (χ0) is 13.0. The van der Waals surface area contributed by atoms with Gasteiger partial charge in [-0.1, -0.05) is 28.8 Å². The van der Waals surface area contributed by atoms with Gasteiger partial charge in [0.15, 0.2) is 5.82 Å². The number of hydrogen-bond donors (Lipinski definition) is 0. The summed E-state index contributed by atoms with van der Waals surface area (Å²) in [6, 6.07) is 1.70. The second kappa shape index (κ2) is 6.27. The number of alkyl halides is 1. The number of halogens is 2. The van der Waals surface area contributed by atoms with Gasteiger partial charge in [0.1, 0.15) is 0 Å². The molecule has 5 heteroatoms. The number of pyridine rings is 1. The smallest absolute Gasteiger partial charge is 0.257 e. The van der Waals surface area contributed by atoms with Crippen LogP contribution < -0.4 is 0 Å². The molecule has 0 bridgehead atoms. The van der Waals surface area contributed by atoms with Crippen molar-refractivity contribution in [3.63, 3.8) is 0 Å². The van der Waals surface area contributed by atoms with Gasteiger partial charge in [0, 0.05) is 24.1 Å². The van der Waals surface area contributed by atoms with Crippen LogP contribution in [0.25, 0.3) is 0 Å². The van der Waals surface area contributed by atoms with Crippen LogP contribution in [0.2, 0.25) is 0 Å². The van der Waals surface area contributed by atoms with E-state index in [2.05, 4.69) is 20.9 Å². The molecule has 3 nitrogen and oxygen atoms in total. The SMILES string of the molecule is O=C(c1ccncc1F)N(CCBr)C1CCCC1. The fourth-order valence-corrected chi connectivity index (χ4v) is 2.84. The Bertz CT molecular complexity index is 421. The number of amides is 1.